The minimum Gasteiger partial charge on any atom is -0.378 e. The Labute approximate surface area is 96.6 Å². The Morgan fingerprint density at radius 3 is 2.38 bits per heavy atom. The Hall–Kier alpha value is -1.57. The van der Waals surface area contributed by atoms with Crippen LogP contribution in [0.4, 0.5) is 5.69 Å². The first-order valence-electron chi connectivity index (χ1n) is 5.67. The summed E-state index contributed by atoms with van der Waals surface area (Å²) in [4.78, 5) is 13.0. The number of carbonyl (C=O) groups excluding carboxylic acids is 1. The average Bonchev–Trinajstić information content (AvgIpc) is 2.77. The highest BCUT2D eigenvalue weighted by atomic mass is 16.1. The first kappa shape index (κ1) is 10.9. The molecule has 0 aromatic heterocycles. The monoisotopic (exact) mass is 215 g/mol. The topological polar surface area (TPSA) is 20.3 Å². The van der Waals surface area contributed by atoms with Crippen LogP contribution in [0.3, 0.4) is 0 Å². The van der Waals surface area contributed by atoms with E-state index in [4.69, 9.17) is 0 Å². The number of anilines is 1. The number of benzene rings is 1. The molecule has 16 heavy (non-hydrogen) atoms. The van der Waals surface area contributed by atoms with Gasteiger partial charge in [-0.1, -0.05) is 12.1 Å². The van der Waals surface area contributed by atoms with Gasteiger partial charge in [0, 0.05) is 19.8 Å². The van der Waals surface area contributed by atoms with Crippen molar-refractivity contribution in [2.45, 2.75) is 19.3 Å². The maximum atomic E-state index is 10.9. The van der Waals surface area contributed by atoms with E-state index in [0.29, 0.717) is 0 Å². The van der Waals surface area contributed by atoms with Crippen LogP contribution in [-0.2, 0) is 4.79 Å². The Morgan fingerprint density at radius 1 is 1.12 bits per heavy atom. The van der Waals surface area contributed by atoms with Crippen LogP contribution in [0, 0.1) is 0 Å². The van der Waals surface area contributed by atoms with Crippen molar-refractivity contribution >= 4 is 17.5 Å². The molecule has 2 nitrogen and oxygen atoms in total. The summed E-state index contributed by atoms with van der Waals surface area (Å²) >= 11 is 0. The zero-order valence-corrected chi connectivity index (χ0v) is 9.86. The summed E-state index contributed by atoms with van der Waals surface area (Å²) in [5.41, 5.74) is 4.61. The number of hydrogen-bond acceptors (Lipinski definition) is 2. The summed E-state index contributed by atoms with van der Waals surface area (Å²) < 4.78 is 0. The van der Waals surface area contributed by atoms with Crippen LogP contribution in [0.25, 0.3) is 5.57 Å². The number of carbonyl (C=O) groups is 1. The first-order chi connectivity index (χ1) is 7.72. The summed E-state index contributed by atoms with van der Waals surface area (Å²) in [6, 6.07) is 8.42. The molecule has 0 aliphatic heterocycles. The molecule has 0 heterocycles. The highest BCUT2D eigenvalue weighted by Crippen LogP contribution is 2.33. The summed E-state index contributed by atoms with van der Waals surface area (Å²) in [5.74, 6) is 0. The van der Waals surface area contributed by atoms with E-state index in [-0.39, 0.29) is 0 Å². The van der Waals surface area contributed by atoms with Gasteiger partial charge >= 0.3 is 0 Å². The van der Waals surface area contributed by atoms with Gasteiger partial charge in [-0.2, -0.15) is 0 Å². The molecule has 0 radical (unpaired) electrons. The smallest absolute Gasteiger partial charge is 0.146 e. The van der Waals surface area contributed by atoms with Crippen molar-refractivity contribution in [1.82, 2.24) is 0 Å². The Morgan fingerprint density at radius 2 is 1.81 bits per heavy atom. The van der Waals surface area contributed by atoms with E-state index in [1.54, 1.807) is 0 Å². The largest absolute Gasteiger partial charge is 0.378 e. The highest BCUT2D eigenvalue weighted by Gasteiger charge is 2.15. The minimum absolute atomic E-state index is 0.939. The molecule has 0 unspecified atom stereocenters. The second kappa shape index (κ2) is 4.52. The Bertz CT molecular complexity index is 415. The fraction of sp³-hybridized carbons (Fsp3) is 0.357. The molecule has 84 valence electrons. The zero-order valence-electron chi connectivity index (χ0n) is 9.86. The second-order valence-corrected chi connectivity index (χ2v) is 4.42. The van der Waals surface area contributed by atoms with Gasteiger partial charge < -0.3 is 4.90 Å². The van der Waals surface area contributed by atoms with E-state index < -0.39 is 0 Å². The second-order valence-electron chi connectivity index (χ2n) is 4.42. The lowest BCUT2D eigenvalue weighted by molar-refractivity contribution is -0.104. The molecular formula is C14H17NO. The zero-order chi connectivity index (χ0) is 11.5. The van der Waals surface area contributed by atoms with Crippen molar-refractivity contribution in [2.24, 2.45) is 0 Å². The van der Waals surface area contributed by atoms with Gasteiger partial charge in [0.1, 0.15) is 6.29 Å². The number of aldehydes is 1. The maximum Gasteiger partial charge on any atom is 0.146 e. The normalized spacial score (nSPS) is 15.4. The fourth-order valence-corrected chi connectivity index (χ4v) is 2.19. The van der Waals surface area contributed by atoms with E-state index in [1.165, 1.54) is 16.8 Å². The number of allylic oxidation sites excluding steroid dienone is 2. The van der Waals surface area contributed by atoms with Crippen molar-refractivity contribution < 1.29 is 4.79 Å². The molecule has 2 heteroatoms. The number of rotatable bonds is 3. The summed E-state index contributed by atoms with van der Waals surface area (Å²) in [6.45, 7) is 0. The molecule has 0 bridgehead atoms. The SMILES string of the molecule is CN(C)c1ccc(C2=C(C=O)CCC2)cc1. The summed E-state index contributed by atoms with van der Waals surface area (Å²) in [5, 5.41) is 0. The maximum absolute atomic E-state index is 10.9. The van der Waals surface area contributed by atoms with Gasteiger partial charge in [-0.15, -0.1) is 0 Å². The van der Waals surface area contributed by atoms with Gasteiger partial charge in [-0.05, 0) is 48.1 Å². The molecule has 0 amide bonds. The van der Waals surface area contributed by atoms with Gasteiger partial charge in [0.15, 0.2) is 0 Å². The van der Waals surface area contributed by atoms with Crippen LogP contribution in [0.2, 0.25) is 0 Å². The van der Waals surface area contributed by atoms with Crippen LogP contribution in [0.1, 0.15) is 24.8 Å². The first-order valence-corrected chi connectivity index (χ1v) is 5.67. The fourth-order valence-electron chi connectivity index (χ4n) is 2.19. The van der Waals surface area contributed by atoms with Crippen molar-refractivity contribution in [2.75, 3.05) is 19.0 Å². The molecule has 1 aliphatic rings. The van der Waals surface area contributed by atoms with Gasteiger partial charge in [0.2, 0.25) is 0 Å². The van der Waals surface area contributed by atoms with Crippen molar-refractivity contribution in [3.8, 4) is 0 Å². The van der Waals surface area contributed by atoms with E-state index in [0.717, 1.165) is 31.1 Å². The molecule has 0 saturated heterocycles. The molecule has 1 aromatic rings. The third-order valence-electron chi connectivity index (χ3n) is 3.13. The lowest BCUT2D eigenvalue weighted by Gasteiger charge is -2.13. The van der Waals surface area contributed by atoms with Gasteiger partial charge in [-0.25, -0.2) is 0 Å². The molecule has 2 rings (SSSR count). The molecule has 1 aromatic carbocycles. The van der Waals surface area contributed by atoms with Crippen LogP contribution in [0.15, 0.2) is 29.8 Å². The van der Waals surface area contributed by atoms with Crippen molar-refractivity contribution in [1.29, 1.82) is 0 Å². The van der Waals surface area contributed by atoms with Crippen molar-refractivity contribution in [3.63, 3.8) is 0 Å². The van der Waals surface area contributed by atoms with Gasteiger partial charge in [0.05, 0.1) is 0 Å². The average molecular weight is 215 g/mol. The highest BCUT2D eigenvalue weighted by molar-refractivity contribution is 5.89. The molecular weight excluding hydrogens is 198 g/mol. The number of hydrogen-bond donors (Lipinski definition) is 0. The number of nitrogens with zero attached hydrogens (tertiary/aromatic N) is 1. The predicted octanol–water partition coefficient (Wildman–Crippen LogP) is 2.89. The van der Waals surface area contributed by atoms with E-state index in [9.17, 15) is 4.79 Å². The van der Waals surface area contributed by atoms with Crippen LogP contribution < -0.4 is 4.90 Å². The molecule has 0 spiro atoms. The summed E-state index contributed by atoms with van der Waals surface area (Å²) in [6.07, 6.45) is 4.10. The predicted molar refractivity (Wildman–Crippen MR) is 67.6 cm³/mol. The van der Waals surface area contributed by atoms with Crippen LogP contribution in [-0.4, -0.2) is 20.4 Å². The Balaban J connectivity index is 2.31. The van der Waals surface area contributed by atoms with Crippen LogP contribution >= 0.6 is 0 Å². The molecule has 0 atom stereocenters. The molecule has 0 N–H and O–H groups in total. The summed E-state index contributed by atoms with van der Waals surface area (Å²) in [7, 11) is 4.06. The Kier molecular flexibility index (Phi) is 3.09. The third-order valence-corrected chi connectivity index (χ3v) is 3.13. The van der Waals surface area contributed by atoms with E-state index in [2.05, 4.69) is 29.2 Å². The standard InChI is InChI=1S/C14H17NO/c1-15(2)13-8-6-11(7-9-13)14-5-3-4-12(14)10-16/h6-10H,3-5H2,1-2H3. The van der Waals surface area contributed by atoms with E-state index in [1.807, 2.05) is 14.1 Å². The molecule has 0 fully saturated rings. The van der Waals surface area contributed by atoms with Gasteiger partial charge in [-0.3, -0.25) is 4.79 Å². The van der Waals surface area contributed by atoms with E-state index >= 15 is 0 Å². The quantitative estimate of drug-likeness (QED) is 0.723. The molecule has 1 aliphatic carbocycles. The molecule has 0 saturated carbocycles. The third kappa shape index (κ3) is 2.01. The van der Waals surface area contributed by atoms with Crippen LogP contribution in [0.5, 0.6) is 0 Å². The van der Waals surface area contributed by atoms with Crippen molar-refractivity contribution in [3.05, 3.63) is 35.4 Å². The minimum atomic E-state index is 0.939. The lowest BCUT2D eigenvalue weighted by Crippen LogP contribution is -2.08. The lowest BCUT2D eigenvalue weighted by atomic mass is 10.0. The van der Waals surface area contributed by atoms with Gasteiger partial charge in [0.25, 0.3) is 0 Å².